The van der Waals surface area contributed by atoms with Crippen LogP contribution in [0.25, 0.3) is 11.3 Å². The molecule has 0 aliphatic carbocycles. The molecule has 2 aromatic carbocycles. The number of hydrogen-bond donors (Lipinski definition) is 1. The number of carbonyl (C=O) groups is 1. The molecule has 0 radical (unpaired) electrons. The monoisotopic (exact) mass is 446 g/mol. The molecule has 0 aliphatic heterocycles. The first-order chi connectivity index (χ1) is 13.6. The number of rotatable bonds is 5. The average Bonchev–Trinajstić information content (AvgIpc) is 3.28. The maximum absolute atomic E-state index is 12.8. The summed E-state index contributed by atoms with van der Waals surface area (Å²) in [6, 6.07) is 18.1. The van der Waals surface area contributed by atoms with Crippen LogP contribution in [-0.2, 0) is 0 Å². The maximum Gasteiger partial charge on any atom is 0.261 e. The van der Waals surface area contributed by atoms with Crippen molar-refractivity contribution in [1.29, 1.82) is 0 Å². The molecule has 1 N–H and O–H groups in total. The zero-order chi connectivity index (χ0) is 19.5. The Balaban J connectivity index is 1.54. The van der Waals surface area contributed by atoms with Gasteiger partial charge in [0.2, 0.25) is 0 Å². The molecule has 8 heteroatoms. The molecule has 4 rings (SSSR count). The Hall–Kier alpha value is -2.38. The zero-order valence-electron chi connectivity index (χ0n) is 14.2. The van der Waals surface area contributed by atoms with Crippen LogP contribution in [0, 0.1) is 0 Å². The smallest absolute Gasteiger partial charge is 0.261 e. The van der Waals surface area contributed by atoms with E-state index in [1.54, 1.807) is 24.3 Å². The number of ether oxygens (including phenoxy) is 1. The number of carbonyl (C=O) groups excluding carboxylic acids is 1. The average molecular weight is 447 g/mol. The van der Waals surface area contributed by atoms with Crippen LogP contribution in [0.2, 0.25) is 8.67 Å². The Labute approximate surface area is 179 Å². The predicted molar refractivity (Wildman–Crippen MR) is 116 cm³/mol. The molecule has 0 aliphatic rings. The minimum atomic E-state index is -0.304. The van der Waals surface area contributed by atoms with Crippen molar-refractivity contribution >= 4 is 56.9 Å². The number of thiazole rings is 1. The van der Waals surface area contributed by atoms with Crippen LogP contribution in [0.5, 0.6) is 11.5 Å². The molecule has 140 valence electrons. The van der Waals surface area contributed by atoms with Gasteiger partial charge in [0, 0.05) is 10.9 Å². The third kappa shape index (κ3) is 4.20. The molecule has 0 saturated carbocycles. The van der Waals surface area contributed by atoms with E-state index in [9.17, 15) is 4.79 Å². The first-order valence-corrected chi connectivity index (χ1v) is 10.6. The Kier molecular flexibility index (Phi) is 5.64. The van der Waals surface area contributed by atoms with Crippen molar-refractivity contribution in [1.82, 2.24) is 4.98 Å². The van der Waals surface area contributed by atoms with Crippen molar-refractivity contribution in [3.8, 4) is 22.8 Å². The molecular formula is C20H12Cl2N2O2S2. The Morgan fingerprint density at radius 3 is 2.54 bits per heavy atom. The SMILES string of the molecule is O=C(Nc1nc(-c2cc(Cl)sc2Cl)cs1)c1ccccc1Oc1ccccc1. The lowest BCUT2D eigenvalue weighted by Crippen LogP contribution is -2.12. The van der Waals surface area contributed by atoms with E-state index in [1.165, 1.54) is 22.7 Å². The molecule has 2 aromatic heterocycles. The summed E-state index contributed by atoms with van der Waals surface area (Å²) in [6.45, 7) is 0. The van der Waals surface area contributed by atoms with Gasteiger partial charge in [0.15, 0.2) is 5.13 Å². The van der Waals surface area contributed by atoms with Crippen molar-refractivity contribution in [3.63, 3.8) is 0 Å². The molecule has 0 atom stereocenters. The number of para-hydroxylation sites is 2. The molecule has 0 saturated heterocycles. The predicted octanol–water partition coefficient (Wildman–Crippen LogP) is 7.22. The highest BCUT2D eigenvalue weighted by Crippen LogP contribution is 2.39. The summed E-state index contributed by atoms with van der Waals surface area (Å²) in [5.41, 5.74) is 1.84. The first-order valence-electron chi connectivity index (χ1n) is 8.14. The number of nitrogens with zero attached hydrogens (tertiary/aromatic N) is 1. The fourth-order valence-electron chi connectivity index (χ4n) is 2.49. The third-order valence-corrected chi connectivity index (χ3v) is 6.01. The summed E-state index contributed by atoms with van der Waals surface area (Å²) in [5.74, 6) is 0.820. The van der Waals surface area contributed by atoms with Gasteiger partial charge in [-0.3, -0.25) is 10.1 Å². The summed E-state index contributed by atoms with van der Waals surface area (Å²) in [6.07, 6.45) is 0. The first kappa shape index (κ1) is 19.0. The molecule has 1 amide bonds. The van der Waals surface area contributed by atoms with Gasteiger partial charge in [-0.1, -0.05) is 53.5 Å². The van der Waals surface area contributed by atoms with Crippen LogP contribution in [0.3, 0.4) is 0 Å². The number of hydrogen-bond acceptors (Lipinski definition) is 5. The summed E-state index contributed by atoms with van der Waals surface area (Å²) < 4.78 is 7.01. The zero-order valence-corrected chi connectivity index (χ0v) is 17.3. The van der Waals surface area contributed by atoms with E-state index in [0.717, 1.165) is 5.56 Å². The van der Waals surface area contributed by atoms with Gasteiger partial charge in [-0.05, 0) is 30.3 Å². The summed E-state index contributed by atoms with van der Waals surface area (Å²) >= 11 is 14.8. The quantitative estimate of drug-likeness (QED) is 0.351. The molecule has 0 fully saturated rings. The standard InChI is InChI=1S/C20H12Cl2N2O2S2/c21-17-10-14(18(22)28-17)15-11-27-20(23-15)24-19(25)13-8-4-5-9-16(13)26-12-6-2-1-3-7-12/h1-11H,(H,23,24,25). The lowest BCUT2D eigenvalue weighted by atomic mass is 10.2. The van der Waals surface area contributed by atoms with Gasteiger partial charge < -0.3 is 4.74 Å². The van der Waals surface area contributed by atoms with Crippen LogP contribution in [-0.4, -0.2) is 10.9 Å². The molecule has 0 bridgehead atoms. The third-order valence-electron chi connectivity index (χ3n) is 3.76. The van der Waals surface area contributed by atoms with Gasteiger partial charge in [-0.2, -0.15) is 0 Å². The van der Waals surface area contributed by atoms with E-state index in [2.05, 4.69) is 10.3 Å². The number of benzene rings is 2. The molecule has 2 heterocycles. The van der Waals surface area contributed by atoms with Crippen molar-refractivity contribution in [3.05, 3.63) is 80.3 Å². The number of amides is 1. The van der Waals surface area contributed by atoms with Gasteiger partial charge in [0.1, 0.15) is 15.8 Å². The fraction of sp³-hybridized carbons (Fsp3) is 0. The Morgan fingerprint density at radius 2 is 1.79 bits per heavy atom. The van der Waals surface area contributed by atoms with Crippen LogP contribution < -0.4 is 10.1 Å². The number of thiophene rings is 1. The topological polar surface area (TPSA) is 51.2 Å². The molecule has 4 aromatic rings. The van der Waals surface area contributed by atoms with E-state index in [1.807, 2.05) is 41.8 Å². The van der Waals surface area contributed by atoms with Gasteiger partial charge in [0.25, 0.3) is 5.91 Å². The van der Waals surface area contributed by atoms with Crippen molar-refractivity contribution in [2.45, 2.75) is 0 Å². The molecule has 4 nitrogen and oxygen atoms in total. The largest absolute Gasteiger partial charge is 0.457 e. The van der Waals surface area contributed by atoms with E-state index in [4.69, 9.17) is 27.9 Å². The summed E-state index contributed by atoms with van der Waals surface area (Å²) in [7, 11) is 0. The Bertz CT molecular complexity index is 1130. The van der Waals surface area contributed by atoms with E-state index in [0.29, 0.717) is 36.6 Å². The second-order valence-corrected chi connectivity index (χ2v) is 8.78. The van der Waals surface area contributed by atoms with E-state index in [-0.39, 0.29) is 5.91 Å². The van der Waals surface area contributed by atoms with Crippen LogP contribution in [0.1, 0.15) is 10.4 Å². The number of halogens is 2. The van der Waals surface area contributed by atoms with Crippen LogP contribution >= 0.6 is 45.9 Å². The Morgan fingerprint density at radius 1 is 1.04 bits per heavy atom. The van der Waals surface area contributed by atoms with Gasteiger partial charge in [-0.25, -0.2) is 4.98 Å². The highest BCUT2D eigenvalue weighted by Gasteiger charge is 2.16. The maximum atomic E-state index is 12.8. The molecule has 0 spiro atoms. The van der Waals surface area contributed by atoms with Crippen molar-refractivity contribution in [2.24, 2.45) is 0 Å². The normalized spacial score (nSPS) is 10.6. The molecule has 28 heavy (non-hydrogen) atoms. The van der Waals surface area contributed by atoms with Crippen molar-refractivity contribution in [2.75, 3.05) is 5.32 Å². The number of nitrogens with one attached hydrogen (secondary N) is 1. The van der Waals surface area contributed by atoms with E-state index < -0.39 is 0 Å². The van der Waals surface area contributed by atoms with Gasteiger partial charge in [0.05, 0.1) is 15.6 Å². The van der Waals surface area contributed by atoms with Gasteiger partial charge in [-0.15, -0.1) is 22.7 Å². The second kappa shape index (κ2) is 8.32. The number of anilines is 1. The number of aromatic nitrogens is 1. The van der Waals surface area contributed by atoms with Gasteiger partial charge >= 0.3 is 0 Å². The van der Waals surface area contributed by atoms with Crippen LogP contribution in [0.4, 0.5) is 5.13 Å². The lowest BCUT2D eigenvalue weighted by Gasteiger charge is -2.10. The second-order valence-electron chi connectivity index (χ2n) is 5.64. The summed E-state index contributed by atoms with van der Waals surface area (Å²) in [5, 5.41) is 5.11. The highest BCUT2D eigenvalue weighted by atomic mass is 35.5. The molecule has 0 unspecified atom stereocenters. The van der Waals surface area contributed by atoms with E-state index >= 15 is 0 Å². The summed E-state index contributed by atoms with van der Waals surface area (Å²) in [4.78, 5) is 17.2. The minimum Gasteiger partial charge on any atom is -0.457 e. The lowest BCUT2D eigenvalue weighted by molar-refractivity contribution is 0.102. The van der Waals surface area contributed by atoms with Crippen molar-refractivity contribution < 1.29 is 9.53 Å². The minimum absolute atomic E-state index is 0.304. The highest BCUT2D eigenvalue weighted by molar-refractivity contribution is 7.20. The fourth-order valence-corrected chi connectivity index (χ4v) is 4.68. The molecular weight excluding hydrogens is 435 g/mol. The van der Waals surface area contributed by atoms with Crippen LogP contribution in [0.15, 0.2) is 66.0 Å².